The molecule has 24 heavy (non-hydrogen) atoms. The number of hydrogen-bond acceptors (Lipinski definition) is 6. The molecule has 0 N–H and O–H groups in total. The van der Waals surface area contributed by atoms with Crippen molar-refractivity contribution in [3.63, 3.8) is 0 Å². The molecule has 0 radical (unpaired) electrons. The van der Waals surface area contributed by atoms with Crippen LogP contribution in [0.3, 0.4) is 0 Å². The van der Waals surface area contributed by atoms with Gasteiger partial charge in [-0.25, -0.2) is 9.78 Å². The molecule has 1 aromatic rings. The van der Waals surface area contributed by atoms with Gasteiger partial charge in [0.15, 0.2) is 0 Å². The normalized spacial score (nSPS) is 15.8. The summed E-state index contributed by atoms with van der Waals surface area (Å²) < 4.78 is 5.38. The van der Waals surface area contributed by atoms with Crippen LogP contribution < -0.4 is 4.90 Å². The Hall–Kier alpha value is -2.09. The second-order valence-corrected chi connectivity index (χ2v) is 6.89. The summed E-state index contributed by atoms with van der Waals surface area (Å²) in [6.45, 7) is 7.46. The highest BCUT2D eigenvalue weighted by Crippen LogP contribution is 2.33. The van der Waals surface area contributed by atoms with Gasteiger partial charge in [0, 0.05) is 32.4 Å². The number of amides is 1. The van der Waals surface area contributed by atoms with Gasteiger partial charge >= 0.3 is 11.8 Å². The Balaban J connectivity index is 2.13. The predicted octanol–water partition coefficient (Wildman–Crippen LogP) is 3.09. The molecule has 0 bridgehead atoms. The number of nitrogens with zero attached hydrogens (tertiary/aromatic N) is 4. The number of anilines is 1. The molecular formula is C15H21ClN4O4. The van der Waals surface area contributed by atoms with Gasteiger partial charge in [0.1, 0.15) is 11.3 Å². The number of aromatic nitrogens is 1. The highest BCUT2D eigenvalue weighted by Gasteiger charge is 2.28. The molecule has 1 aliphatic rings. The van der Waals surface area contributed by atoms with E-state index in [-0.39, 0.29) is 16.9 Å². The van der Waals surface area contributed by atoms with Gasteiger partial charge in [-0.3, -0.25) is 10.1 Å². The molecule has 9 heteroatoms. The number of ether oxygens (including phenoxy) is 1. The fourth-order valence-electron chi connectivity index (χ4n) is 2.51. The molecule has 0 unspecified atom stereocenters. The van der Waals surface area contributed by atoms with Gasteiger partial charge in [-0.2, -0.15) is 0 Å². The van der Waals surface area contributed by atoms with Gasteiger partial charge in [0.25, 0.3) is 0 Å². The third kappa shape index (κ3) is 4.47. The van der Waals surface area contributed by atoms with E-state index in [0.717, 1.165) is 0 Å². The van der Waals surface area contributed by atoms with E-state index in [4.69, 9.17) is 16.3 Å². The molecule has 8 nitrogen and oxygen atoms in total. The molecule has 2 rings (SSSR count). The van der Waals surface area contributed by atoms with E-state index in [0.29, 0.717) is 38.3 Å². The summed E-state index contributed by atoms with van der Waals surface area (Å²) in [6.07, 6.45) is 1.75. The number of nitro groups is 1. The summed E-state index contributed by atoms with van der Waals surface area (Å²) in [7, 11) is 0. The largest absolute Gasteiger partial charge is 0.444 e. The average Bonchev–Trinajstić information content (AvgIpc) is 2.70. The van der Waals surface area contributed by atoms with Crippen molar-refractivity contribution >= 4 is 29.1 Å². The van der Waals surface area contributed by atoms with Crippen LogP contribution in [0.4, 0.5) is 16.2 Å². The molecule has 0 atom stereocenters. The van der Waals surface area contributed by atoms with Crippen LogP contribution in [0.2, 0.25) is 5.15 Å². The maximum Gasteiger partial charge on any atom is 0.410 e. The minimum Gasteiger partial charge on any atom is -0.444 e. The lowest BCUT2D eigenvalue weighted by molar-refractivity contribution is -0.384. The Morgan fingerprint density at radius 3 is 2.67 bits per heavy atom. The summed E-state index contributed by atoms with van der Waals surface area (Å²) in [5.74, 6) is 0. The third-order valence-electron chi connectivity index (χ3n) is 3.53. The molecule has 1 saturated heterocycles. The van der Waals surface area contributed by atoms with Crippen molar-refractivity contribution in [2.75, 3.05) is 31.1 Å². The van der Waals surface area contributed by atoms with Crippen molar-refractivity contribution in [1.29, 1.82) is 0 Å². The molecule has 1 aliphatic heterocycles. The highest BCUT2D eigenvalue weighted by molar-refractivity contribution is 6.32. The van der Waals surface area contributed by atoms with E-state index in [1.54, 1.807) is 11.0 Å². The average molecular weight is 357 g/mol. The van der Waals surface area contributed by atoms with Crippen LogP contribution >= 0.6 is 11.6 Å². The maximum absolute atomic E-state index is 12.2. The van der Waals surface area contributed by atoms with E-state index in [9.17, 15) is 14.9 Å². The Kier molecular flexibility index (Phi) is 5.48. The van der Waals surface area contributed by atoms with Crippen LogP contribution in [0.5, 0.6) is 0 Å². The lowest BCUT2D eigenvalue weighted by atomic mass is 10.2. The number of carbonyl (C=O) groups excluding carboxylic acids is 1. The highest BCUT2D eigenvalue weighted by atomic mass is 35.5. The first-order chi connectivity index (χ1) is 11.2. The first-order valence-electron chi connectivity index (χ1n) is 7.71. The van der Waals surface area contributed by atoms with Crippen molar-refractivity contribution in [1.82, 2.24) is 9.88 Å². The van der Waals surface area contributed by atoms with Crippen LogP contribution in [0.1, 0.15) is 27.2 Å². The molecule has 1 fully saturated rings. The van der Waals surface area contributed by atoms with Crippen LogP contribution in [-0.4, -0.2) is 52.7 Å². The lowest BCUT2D eigenvalue weighted by Crippen LogP contribution is -2.39. The number of hydrogen-bond donors (Lipinski definition) is 0. The summed E-state index contributed by atoms with van der Waals surface area (Å²) >= 11 is 5.87. The van der Waals surface area contributed by atoms with Crippen molar-refractivity contribution in [2.24, 2.45) is 0 Å². The monoisotopic (exact) mass is 356 g/mol. The Bertz CT molecular complexity index is 632. The predicted molar refractivity (Wildman–Crippen MR) is 90.5 cm³/mol. The quantitative estimate of drug-likeness (QED) is 0.459. The van der Waals surface area contributed by atoms with E-state index in [1.807, 2.05) is 25.7 Å². The molecular weight excluding hydrogens is 336 g/mol. The van der Waals surface area contributed by atoms with Crippen LogP contribution in [0.15, 0.2) is 12.3 Å². The minimum atomic E-state index is -0.555. The van der Waals surface area contributed by atoms with Crippen molar-refractivity contribution in [3.05, 3.63) is 27.5 Å². The van der Waals surface area contributed by atoms with Crippen molar-refractivity contribution < 1.29 is 14.5 Å². The molecule has 132 valence electrons. The fraction of sp³-hybridized carbons (Fsp3) is 0.600. The Morgan fingerprint density at radius 1 is 1.33 bits per heavy atom. The molecule has 2 heterocycles. The first kappa shape index (κ1) is 18.3. The maximum atomic E-state index is 12.2. The number of pyridine rings is 1. The number of halogens is 1. The number of carbonyl (C=O) groups is 1. The van der Waals surface area contributed by atoms with E-state index in [1.165, 1.54) is 6.20 Å². The van der Waals surface area contributed by atoms with Crippen LogP contribution in [0, 0.1) is 10.1 Å². The van der Waals surface area contributed by atoms with Gasteiger partial charge in [-0.05, 0) is 33.3 Å². The second-order valence-electron chi connectivity index (χ2n) is 6.53. The fourth-order valence-corrected chi connectivity index (χ4v) is 2.73. The third-order valence-corrected chi connectivity index (χ3v) is 3.81. The zero-order valence-corrected chi connectivity index (χ0v) is 14.7. The van der Waals surface area contributed by atoms with E-state index < -0.39 is 10.5 Å². The van der Waals surface area contributed by atoms with Gasteiger partial charge in [0.2, 0.25) is 5.15 Å². The molecule has 1 aromatic heterocycles. The summed E-state index contributed by atoms with van der Waals surface area (Å²) in [4.78, 5) is 30.2. The summed E-state index contributed by atoms with van der Waals surface area (Å²) in [5.41, 5.74) is -0.337. The van der Waals surface area contributed by atoms with Crippen LogP contribution in [-0.2, 0) is 4.74 Å². The summed E-state index contributed by atoms with van der Waals surface area (Å²) in [5, 5.41) is 11.1. The minimum absolute atomic E-state index is 0.134. The van der Waals surface area contributed by atoms with Gasteiger partial charge in [0.05, 0.1) is 4.92 Å². The van der Waals surface area contributed by atoms with Gasteiger partial charge in [-0.15, -0.1) is 0 Å². The van der Waals surface area contributed by atoms with Gasteiger partial charge < -0.3 is 14.5 Å². The smallest absolute Gasteiger partial charge is 0.410 e. The molecule has 0 spiro atoms. The van der Waals surface area contributed by atoms with E-state index >= 15 is 0 Å². The molecule has 0 saturated carbocycles. The van der Waals surface area contributed by atoms with Crippen molar-refractivity contribution in [2.45, 2.75) is 32.8 Å². The SMILES string of the molecule is CC(C)(C)OC(=O)N1CCCN(c2ccnc(Cl)c2[N+](=O)[O-])CC1. The topological polar surface area (TPSA) is 88.8 Å². The zero-order valence-electron chi connectivity index (χ0n) is 14.0. The Labute approximate surface area is 145 Å². The van der Waals surface area contributed by atoms with E-state index in [2.05, 4.69) is 4.98 Å². The standard InChI is InChI=1S/C15H21ClN4O4/c1-15(2,3)24-14(21)19-8-4-7-18(9-10-19)11-5-6-17-13(16)12(11)20(22)23/h5-6H,4,7-10H2,1-3H3. The van der Waals surface area contributed by atoms with Crippen molar-refractivity contribution in [3.8, 4) is 0 Å². The summed E-state index contributed by atoms with van der Waals surface area (Å²) in [6, 6.07) is 1.58. The lowest BCUT2D eigenvalue weighted by Gasteiger charge is -2.26. The number of rotatable bonds is 2. The van der Waals surface area contributed by atoms with Gasteiger partial charge in [-0.1, -0.05) is 11.6 Å². The Morgan fingerprint density at radius 2 is 2.04 bits per heavy atom. The van der Waals surface area contributed by atoms with Crippen LogP contribution in [0.25, 0.3) is 0 Å². The zero-order chi connectivity index (χ0) is 17.9. The first-order valence-corrected chi connectivity index (χ1v) is 8.08. The molecule has 0 aromatic carbocycles. The molecule has 0 aliphatic carbocycles. The second kappa shape index (κ2) is 7.21. The molecule has 1 amide bonds.